The van der Waals surface area contributed by atoms with Gasteiger partial charge in [-0.1, -0.05) is 41.6 Å². The molecule has 2 heterocycles. The lowest BCUT2D eigenvalue weighted by Gasteiger charge is -2.14. The highest BCUT2D eigenvalue weighted by Crippen LogP contribution is 2.26. The molecule has 7 nitrogen and oxygen atoms in total. The van der Waals surface area contributed by atoms with Gasteiger partial charge in [-0.15, -0.1) is 0 Å². The van der Waals surface area contributed by atoms with E-state index in [1.54, 1.807) is 13.0 Å². The standard InChI is InChI=1S/C22H20N4O3/c1-13-7-6-8-14(2)21(13)24-19(27)12-26-18-10-5-4-9-16(18)17(11-20(26)28)22-23-15(3)25-29-22/h4-11H,12H2,1-3H3,(H,24,27). The molecule has 0 saturated carbocycles. The summed E-state index contributed by atoms with van der Waals surface area (Å²) >= 11 is 0. The van der Waals surface area contributed by atoms with Crippen LogP contribution in [0, 0.1) is 20.8 Å². The molecule has 1 N–H and O–H groups in total. The summed E-state index contributed by atoms with van der Waals surface area (Å²) in [6.45, 7) is 5.49. The first-order chi connectivity index (χ1) is 13.9. The van der Waals surface area contributed by atoms with Gasteiger partial charge in [-0.25, -0.2) is 0 Å². The zero-order valence-electron chi connectivity index (χ0n) is 16.4. The van der Waals surface area contributed by atoms with Crippen molar-refractivity contribution in [3.05, 3.63) is 75.8 Å². The minimum Gasteiger partial charge on any atom is -0.334 e. The zero-order chi connectivity index (χ0) is 20.5. The van der Waals surface area contributed by atoms with Gasteiger partial charge in [0.1, 0.15) is 6.54 Å². The smallest absolute Gasteiger partial charge is 0.258 e. The predicted octanol–water partition coefficient (Wildman–Crippen LogP) is 3.62. The van der Waals surface area contributed by atoms with Crippen molar-refractivity contribution in [3.63, 3.8) is 0 Å². The molecule has 7 heteroatoms. The number of hydrogen-bond donors (Lipinski definition) is 1. The van der Waals surface area contributed by atoms with Crippen LogP contribution in [0.25, 0.3) is 22.4 Å². The van der Waals surface area contributed by atoms with Gasteiger partial charge in [-0.2, -0.15) is 4.98 Å². The molecule has 0 aliphatic carbocycles. The van der Waals surface area contributed by atoms with E-state index < -0.39 is 0 Å². The molecule has 0 bridgehead atoms. The Morgan fingerprint density at radius 3 is 2.48 bits per heavy atom. The second-order valence-electron chi connectivity index (χ2n) is 6.96. The normalized spacial score (nSPS) is 11.0. The van der Waals surface area contributed by atoms with Crippen molar-refractivity contribution in [1.82, 2.24) is 14.7 Å². The number of benzene rings is 2. The third-order valence-electron chi connectivity index (χ3n) is 4.82. The lowest BCUT2D eigenvalue weighted by atomic mass is 10.1. The Bertz CT molecular complexity index is 1270. The van der Waals surface area contributed by atoms with Crippen molar-refractivity contribution < 1.29 is 9.32 Å². The molecule has 2 aromatic carbocycles. The Morgan fingerprint density at radius 1 is 1.07 bits per heavy atom. The molecule has 4 rings (SSSR count). The average Bonchev–Trinajstić information content (AvgIpc) is 3.13. The predicted molar refractivity (Wildman–Crippen MR) is 111 cm³/mol. The molecule has 146 valence electrons. The number of carbonyl (C=O) groups excluding carboxylic acids is 1. The summed E-state index contributed by atoms with van der Waals surface area (Å²) in [5.74, 6) is 0.500. The van der Waals surface area contributed by atoms with Gasteiger partial charge in [0, 0.05) is 17.1 Å². The van der Waals surface area contributed by atoms with E-state index in [2.05, 4.69) is 15.5 Å². The Morgan fingerprint density at radius 2 is 1.79 bits per heavy atom. The number of nitrogens with one attached hydrogen (secondary N) is 1. The number of amides is 1. The molecule has 0 atom stereocenters. The SMILES string of the molecule is Cc1noc(-c2cc(=O)n(CC(=O)Nc3c(C)cccc3C)c3ccccc23)n1. The maximum absolute atomic E-state index is 12.8. The van der Waals surface area contributed by atoms with Crippen molar-refractivity contribution in [2.75, 3.05) is 5.32 Å². The maximum atomic E-state index is 12.8. The van der Waals surface area contributed by atoms with E-state index in [1.165, 1.54) is 10.6 Å². The van der Waals surface area contributed by atoms with Gasteiger partial charge >= 0.3 is 0 Å². The third-order valence-corrected chi connectivity index (χ3v) is 4.82. The second-order valence-corrected chi connectivity index (χ2v) is 6.96. The van der Waals surface area contributed by atoms with Crippen molar-refractivity contribution in [2.45, 2.75) is 27.3 Å². The average molecular weight is 388 g/mol. The minimum atomic E-state index is -0.314. The summed E-state index contributed by atoms with van der Waals surface area (Å²) in [4.78, 5) is 29.8. The number of nitrogens with zero attached hydrogens (tertiary/aromatic N) is 3. The molecule has 0 spiro atoms. The largest absolute Gasteiger partial charge is 0.334 e. The molecule has 29 heavy (non-hydrogen) atoms. The van der Waals surface area contributed by atoms with E-state index in [9.17, 15) is 9.59 Å². The highest BCUT2D eigenvalue weighted by Gasteiger charge is 2.17. The van der Waals surface area contributed by atoms with E-state index in [0.717, 1.165) is 22.2 Å². The molecule has 1 amide bonds. The van der Waals surface area contributed by atoms with Crippen LogP contribution in [0.3, 0.4) is 0 Å². The molecular weight excluding hydrogens is 368 g/mol. The highest BCUT2D eigenvalue weighted by atomic mass is 16.5. The summed E-state index contributed by atoms with van der Waals surface area (Å²) in [7, 11) is 0. The monoisotopic (exact) mass is 388 g/mol. The highest BCUT2D eigenvalue weighted by molar-refractivity contribution is 5.95. The van der Waals surface area contributed by atoms with E-state index in [-0.39, 0.29) is 23.9 Å². The Hall–Kier alpha value is -3.74. The number of pyridine rings is 1. The van der Waals surface area contributed by atoms with Crippen molar-refractivity contribution >= 4 is 22.5 Å². The lowest BCUT2D eigenvalue weighted by Crippen LogP contribution is -2.28. The summed E-state index contributed by atoms with van der Waals surface area (Å²) in [5.41, 5.74) is 3.58. The summed E-state index contributed by atoms with van der Waals surface area (Å²) in [6.07, 6.45) is 0. The van der Waals surface area contributed by atoms with Crippen LogP contribution in [0.1, 0.15) is 17.0 Å². The van der Waals surface area contributed by atoms with Crippen LogP contribution < -0.4 is 10.9 Å². The van der Waals surface area contributed by atoms with Crippen LogP contribution in [-0.2, 0) is 11.3 Å². The quantitative estimate of drug-likeness (QED) is 0.577. The topological polar surface area (TPSA) is 90.0 Å². The molecule has 2 aromatic heterocycles. The second kappa shape index (κ2) is 7.35. The number of para-hydroxylation sites is 2. The summed E-state index contributed by atoms with van der Waals surface area (Å²) in [5, 5.41) is 7.49. The van der Waals surface area contributed by atoms with Crippen LogP contribution in [0.2, 0.25) is 0 Å². The molecule has 0 unspecified atom stereocenters. The van der Waals surface area contributed by atoms with Gasteiger partial charge in [0.25, 0.3) is 11.4 Å². The molecule has 0 aliphatic heterocycles. The first-order valence-electron chi connectivity index (χ1n) is 9.23. The molecule has 0 radical (unpaired) electrons. The molecule has 4 aromatic rings. The number of hydrogen-bond acceptors (Lipinski definition) is 5. The van der Waals surface area contributed by atoms with Gasteiger partial charge in [0.05, 0.1) is 11.1 Å². The zero-order valence-corrected chi connectivity index (χ0v) is 16.4. The van der Waals surface area contributed by atoms with Crippen LogP contribution in [0.15, 0.2) is 57.8 Å². The van der Waals surface area contributed by atoms with Gasteiger partial charge in [-0.3, -0.25) is 14.2 Å². The van der Waals surface area contributed by atoms with Gasteiger partial charge < -0.3 is 9.84 Å². The lowest BCUT2D eigenvalue weighted by molar-refractivity contribution is -0.116. The third kappa shape index (κ3) is 3.54. The fourth-order valence-electron chi connectivity index (χ4n) is 3.42. The van der Waals surface area contributed by atoms with Crippen LogP contribution in [0.4, 0.5) is 5.69 Å². The van der Waals surface area contributed by atoms with Gasteiger partial charge in [-0.05, 0) is 38.0 Å². The first-order valence-corrected chi connectivity index (χ1v) is 9.23. The number of fused-ring (bicyclic) bond motifs is 1. The summed E-state index contributed by atoms with van der Waals surface area (Å²) < 4.78 is 6.70. The number of anilines is 1. The minimum absolute atomic E-state index is 0.101. The molecule has 0 saturated heterocycles. The Balaban J connectivity index is 1.74. The van der Waals surface area contributed by atoms with E-state index in [1.807, 2.05) is 50.2 Å². The van der Waals surface area contributed by atoms with Gasteiger partial charge in [0.15, 0.2) is 5.82 Å². The van der Waals surface area contributed by atoms with Crippen LogP contribution in [0.5, 0.6) is 0 Å². The number of rotatable bonds is 4. The number of aromatic nitrogens is 3. The van der Waals surface area contributed by atoms with E-state index >= 15 is 0 Å². The molecule has 0 fully saturated rings. The van der Waals surface area contributed by atoms with Crippen molar-refractivity contribution in [3.8, 4) is 11.5 Å². The number of carbonyl (C=O) groups is 1. The van der Waals surface area contributed by atoms with Crippen LogP contribution >= 0.6 is 0 Å². The molecular formula is C22H20N4O3. The van der Waals surface area contributed by atoms with Gasteiger partial charge in [0.2, 0.25) is 5.91 Å². The van der Waals surface area contributed by atoms with Crippen LogP contribution in [-0.4, -0.2) is 20.6 Å². The fraction of sp³-hybridized carbons (Fsp3) is 0.182. The fourth-order valence-corrected chi connectivity index (χ4v) is 3.42. The Labute approximate surface area is 167 Å². The van der Waals surface area contributed by atoms with E-state index in [0.29, 0.717) is 16.9 Å². The van der Waals surface area contributed by atoms with Crippen molar-refractivity contribution in [2.24, 2.45) is 0 Å². The summed E-state index contributed by atoms with van der Waals surface area (Å²) in [6, 6.07) is 14.6. The van der Waals surface area contributed by atoms with Crippen molar-refractivity contribution in [1.29, 1.82) is 0 Å². The maximum Gasteiger partial charge on any atom is 0.258 e. The molecule has 0 aliphatic rings. The first kappa shape index (κ1) is 18.6. The van der Waals surface area contributed by atoms with E-state index in [4.69, 9.17) is 4.52 Å². The Kier molecular flexibility index (Phi) is 4.72. The number of aryl methyl sites for hydroxylation is 3.